The van der Waals surface area contributed by atoms with Crippen LogP contribution in [0.4, 0.5) is 15.8 Å². The lowest BCUT2D eigenvalue weighted by Crippen LogP contribution is -2.49. The average Bonchev–Trinajstić information content (AvgIpc) is 3.16. The Morgan fingerprint density at radius 1 is 1.16 bits per heavy atom. The maximum atomic E-state index is 13.1. The van der Waals surface area contributed by atoms with Crippen LogP contribution in [0.15, 0.2) is 42.7 Å². The molecule has 0 spiro atoms. The predicted octanol–water partition coefficient (Wildman–Crippen LogP) is 4.08. The first-order chi connectivity index (χ1) is 14.8. The summed E-state index contributed by atoms with van der Waals surface area (Å²) in [5, 5.41) is 7.47. The molecule has 4 rings (SSSR count). The van der Waals surface area contributed by atoms with Crippen molar-refractivity contribution in [1.82, 2.24) is 14.8 Å². The summed E-state index contributed by atoms with van der Waals surface area (Å²) in [6.07, 6.45) is 5.49. The minimum absolute atomic E-state index is 0. The van der Waals surface area contributed by atoms with Crippen LogP contribution in [-0.4, -0.2) is 33.8 Å². The van der Waals surface area contributed by atoms with Crippen molar-refractivity contribution in [2.45, 2.75) is 46.2 Å². The van der Waals surface area contributed by atoms with Crippen molar-refractivity contribution in [2.24, 2.45) is 5.92 Å². The largest absolute Gasteiger partial charge is 0.361 e. The number of aromatic nitrogens is 3. The molecule has 1 amide bonds. The van der Waals surface area contributed by atoms with E-state index in [1.807, 2.05) is 31.0 Å². The molecule has 1 aliphatic rings. The number of fused-ring (bicyclic) bond motifs is 1. The van der Waals surface area contributed by atoms with Gasteiger partial charge in [-0.2, -0.15) is 18.6 Å². The third-order valence-electron chi connectivity index (χ3n) is 5.79. The SMILES string of the molecule is Cc1nc(CCc2cnn(Cc3ccc(F)cc3)c2)cc2c1NC(=O)[C@H](C(C)C)N2C.S. The molecule has 8 heteroatoms. The smallest absolute Gasteiger partial charge is 0.247 e. The molecule has 1 N–H and O–H groups in total. The Balaban J connectivity index is 0.00000289. The van der Waals surface area contributed by atoms with E-state index in [0.717, 1.165) is 46.7 Å². The third-order valence-corrected chi connectivity index (χ3v) is 5.79. The van der Waals surface area contributed by atoms with E-state index < -0.39 is 0 Å². The number of aryl methyl sites for hydroxylation is 3. The summed E-state index contributed by atoms with van der Waals surface area (Å²) in [5.74, 6) is 0.000842. The summed E-state index contributed by atoms with van der Waals surface area (Å²) < 4.78 is 14.9. The molecule has 0 saturated heterocycles. The van der Waals surface area contributed by atoms with Crippen LogP contribution >= 0.6 is 13.5 Å². The lowest BCUT2D eigenvalue weighted by atomic mass is 9.97. The predicted molar refractivity (Wildman–Crippen MR) is 130 cm³/mol. The van der Waals surface area contributed by atoms with Gasteiger partial charge in [0.05, 0.1) is 29.8 Å². The molecular formula is C24H30FN5OS. The van der Waals surface area contributed by atoms with Crippen molar-refractivity contribution < 1.29 is 9.18 Å². The number of hydrogen-bond donors (Lipinski definition) is 1. The zero-order valence-electron chi connectivity index (χ0n) is 18.9. The quantitative estimate of drug-likeness (QED) is 0.608. The summed E-state index contributed by atoms with van der Waals surface area (Å²) in [4.78, 5) is 19.3. The van der Waals surface area contributed by atoms with Gasteiger partial charge in [0.2, 0.25) is 5.91 Å². The minimum atomic E-state index is -0.234. The molecule has 0 fully saturated rings. The number of pyridine rings is 1. The highest BCUT2D eigenvalue weighted by Crippen LogP contribution is 2.35. The molecule has 32 heavy (non-hydrogen) atoms. The number of likely N-dealkylation sites (N-methyl/N-ethyl adjacent to an activating group) is 1. The number of carbonyl (C=O) groups is 1. The van der Waals surface area contributed by atoms with Crippen LogP contribution in [-0.2, 0) is 24.2 Å². The van der Waals surface area contributed by atoms with E-state index in [9.17, 15) is 9.18 Å². The maximum absolute atomic E-state index is 13.1. The van der Waals surface area contributed by atoms with Gasteiger partial charge in [-0.15, -0.1) is 0 Å². The minimum Gasteiger partial charge on any atom is -0.361 e. The monoisotopic (exact) mass is 455 g/mol. The van der Waals surface area contributed by atoms with Crippen LogP contribution in [0.3, 0.4) is 0 Å². The number of anilines is 2. The lowest BCUT2D eigenvalue weighted by Gasteiger charge is -2.38. The van der Waals surface area contributed by atoms with Crippen molar-refractivity contribution in [2.75, 3.05) is 17.3 Å². The molecule has 0 unspecified atom stereocenters. The van der Waals surface area contributed by atoms with E-state index in [2.05, 4.69) is 35.2 Å². The molecule has 0 saturated carbocycles. The molecule has 170 valence electrons. The summed E-state index contributed by atoms with van der Waals surface area (Å²) in [7, 11) is 1.98. The molecular weight excluding hydrogens is 425 g/mol. The zero-order valence-corrected chi connectivity index (χ0v) is 19.9. The van der Waals surface area contributed by atoms with Crippen molar-refractivity contribution in [3.63, 3.8) is 0 Å². The van der Waals surface area contributed by atoms with Crippen LogP contribution in [0.5, 0.6) is 0 Å². The number of hydrogen-bond acceptors (Lipinski definition) is 4. The van der Waals surface area contributed by atoms with Gasteiger partial charge in [-0.1, -0.05) is 26.0 Å². The molecule has 3 heterocycles. The number of nitrogens with zero attached hydrogens (tertiary/aromatic N) is 4. The van der Waals surface area contributed by atoms with Gasteiger partial charge >= 0.3 is 0 Å². The third kappa shape index (κ3) is 4.96. The normalized spacial score (nSPS) is 15.4. The van der Waals surface area contributed by atoms with Gasteiger partial charge < -0.3 is 10.2 Å². The first-order valence-electron chi connectivity index (χ1n) is 10.6. The standard InChI is InChI=1S/C24H28FN5O.H2S/c1-15(2)23-24(31)28-22-16(3)27-20(11-21(22)29(23)4)10-7-18-12-26-30(14-18)13-17-5-8-19(25)9-6-17;/h5-6,8-9,11-12,14-15,23H,7,10,13H2,1-4H3,(H,28,31);1H2/t23-;/m0./s1. The van der Waals surface area contributed by atoms with E-state index in [4.69, 9.17) is 4.98 Å². The van der Waals surface area contributed by atoms with Gasteiger partial charge in [0.25, 0.3) is 0 Å². The van der Waals surface area contributed by atoms with Gasteiger partial charge in [-0.3, -0.25) is 14.5 Å². The summed E-state index contributed by atoms with van der Waals surface area (Å²) in [6, 6.07) is 8.37. The fourth-order valence-electron chi connectivity index (χ4n) is 4.22. The Bertz CT molecular complexity index is 1100. The second-order valence-electron chi connectivity index (χ2n) is 8.55. The van der Waals surface area contributed by atoms with E-state index in [1.54, 1.807) is 12.1 Å². The Morgan fingerprint density at radius 2 is 1.88 bits per heavy atom. The zero-order chi connectivity index (χ0) is 22.1. The molecule has 6 nitrogen and oxygen atoms in total. The van der Waals surface area contributed by atoms with Crippen molar-refractivity contribution in [3.8, 4) is 0 Å². The van der Waals surface area contributed by atoms with E-state index in [1.165, 1.54) is 12.1 Å². The molecule has 1 aliphatic heterocycles. The average molecular weight is 456 g/mol. The van der Waals surface area contributed by atoms with Crippen LogP contribution < -0.4 is 10.2 Å². The molecule has 1 aromatic carbocycles. The van der Waals surface area contributed by atoms with Gasteiger partial charge in [-0.05, 0) is 55.0 Å². The number of carbonyl (C=O) groups excluding carboxylic acids is 1. The number of amides is 1. The fraction of sp³-hybridized carbons (Fsp3) is 0.375. The van der Waals surface area contributed by atoms with Gasteiger partial charge in [0.1, 0.15) is 11.9 Å². The molecule has 3 aromatic rings. The maximum Gasteiger partial charge on any atom is 0.247 e. The highest BCUT2D eigenvalue weighted by Gasteiger charge is 2.34. The summed E-state index contributed by atoms with van der Waals surface area (Å²) in [6.45, 7) is 6.67. The van der Waals surface area contributed by atoms with E-state index in [-0.39, 0.29) is 37.2 Å². The Hall–Kier alpha value is -2.87. The van der Waals surface area contributed by atoms with E-state index in [0.29, 0.717) is 6.54 Å². The van der Waals surface area contributed by atoms with Crippen molar-refractivity contribution >= 4 is 30.8 Å². The Labute approximate surface area is 195 Å². The van der Waals surface area contributed by atoms with Crippen molar-refractivity contribution in [3.05, 3.63) is 71.1 Å². The highest BCUT2D eigenvalue weighted by molar-refractivity contribution is 7.59. The van der Waals surface area contributed by atoms with Gasteiger partial charge in [-0.25, -0.2) is 4.39 Å². The van der Waals surface area contributed by atoms with Crippen LogP contribution in [0.25, 0.3) is 0 Å². The second-order valence-corrected chi connectivity index (χ2v) is 8.55. The van der Waals surface area contributed by atoms with Crippen LogP contribution in [0.2, 0.25) is 0 Å². The van der Waals surface area contributed by atoms with Gasteiger partial charge in [0.15, 0.2) is 0 Å². The number of benzene rings is 1. The summed E-state index contributed by atoms with van der Waals surface area (Å²) >= 11 is 0. The Kier molecular flexibility index (Phi) is 7.23. The highest BCUT2D eigenvalue weighted by atomic mass is 32.1. The number of nitrogens with one attached hydrogen (secondary N) is 1. The van der Waals surface area contributed by atoms with Crippen molar-refractivity contribution in [1.29, 1.82) is 0 Å². The summed E-state index contributed by atoms with van der Waals surface area (Å²) in [5.41, 5.74) is 5.79. The molecule has 0 bridgehead atoms. The van der Waals surface area contributed by atoms with Crippen LogP contribution in [0, 0.1) is 18.7 Å². The fourth-order valence-corrected chi connectivity index (χ4v) is 4.22. The van der Waals surface area contributed by atoms with Gasteiger partial charge in [0, 0.05) is 18.9 Å². The first-order valence-corrected chi connectivity index (χ1v) is 10.6. The first kappa shape index (κ1) is 23.8. The second kappa shape index (κ2) is 9.73. The molecule has 0 radical (unpaired) electrons. The molecule has 0 aliphatic carbocycles. The molecule has 1 atom stereocenters. The number of halogens is 1. The number of rotatable bonds is 6. The lowest BCUT2D eigenvalue weighted by molar-refractivity contribution is -0.118. The molecule has 2 aromatic heterocycles. The Morgan fingerprint density at radius 3 is 2.56 bits per heavy atom. The topological polar surface area (TPSA) is 63.1 Å². The van der Waals surface area contributed by atoms with E-state index >= 15 is 0 Å². The van der Waals surface area contributed by atoms with Crippen LogP contribution in [0.1, 0.15) is 36.4 Å².